The molecule has 0 bridgehead atoms. The van der Waals surface area contributed by atoms with E-state index >= 15 is 0 Å². The van der Waals surface area contributed by atoms with Gasteiger partial charge in [0.05, 0.1) is 0 Å². The number of piperazine rings is 1. The molecule has 0 spiro atoms. The molecule has 2 atom stereocenters. The van der Waals surface area contributed by atoms with Crippen molar-refractivity contribution < 1.29 is 0 Å². The number of hydrogen-bond acceptors (Lipinski definition) is 3. The maximum absolute atomic E-state index is 6.24. The van der Waals surface area contributed by atoms with Crippen molar-refractivity contribution in [2.45, 2.75) is 72.8 Å². The van der Waals surface area contributed by atoms with E-state index in [0.717, 1.165) is 19.0 Å². The molecule has 0 aromatic heterocycles. The highest BCUT2D eigenvalue weighted by Gasteiger charge is 2.28. The molecular weight excluding hydrogens is 390 g/mol. The van der Waals surface area contributed by atoms with Crippen LogP contribution in [0.15, 0.2) is 24.3 Å². The minimum absolute atomic E-state index is 0. The van der Waals surface area contributed by atoms with Crippen LogP contribution in [0.1, 0.15) is 83.9 Å². The maximum Gasteiger partial charge on any atom is 0.0446 e. The van der Waals surface area contributed by atoms with Gasteiger partial charge in [0.25, 0.3) is 0 Å². The first kappa shape index (κ1) is 25.2. The van der Waals surface area contributed by atoms with E-state index in [1.54, 1.807) is 5.57 Å². The highest BCUT2D eigenvalue weighted by Crippen LogP contribution is 2.42. The van der Waals surface area contributed by atoms with Crippen molar-refractivity contribution >= 4 is 23.7 Å². The average molecular weight is 434 g/mol. The molecule has 1 aliphatic heterocycles. The Labute approximate surface area is 191 Å². The quantitative estimate of drug-likeness (QED) is 0.572. The highest BCUT2D eigenvalue weighted by atomic mass is 35.5. The smallest absolute Gasteiger partial charge is 0.0446 e. The number of benzene rings is 1. The van der Waals surface area contributed by atoms with Crippen LogP contribution in [0.3, 0.4) is 0 Å². The zero-order chi connectivity index (χ0) is 21.0. The minimum Gasteiger partial charge on any atom is -0.368 e. The zero-order valence-corrected chi connectivity index (χ0v) is 20.7. The first-order valence-corrected chi connectivity index (χ1v) is 11.9. The third-order valence-corrected chi connectivity index (χ3v) is 7.07. The molecule has 30 heavy (non-hydrogen) atoms. The topological polar surface area (TPSA) is 32.5 Å². The summed E-state index contributed by atoms with van der Waals surface area (Å²) in [5, 5.41) is 0. The van der Waals surface area contributed by atoms with Crippen LogP contribution in [0.25, 0.3) is 5.57 Å². The number of hydrogen-bond donors (Lipinski definition) is 1. The lowest BCUT2D eigenvalue weighted by molar-refractivity contribution is 0.225. The summed E-state index contributed by atoms with van der Waals surface area (Å²) >= 11 is 0. The maximum atomic E-state index is 6.24. The van der Waals surface area contributed by atoms with Crippen LogP contribution in [0.5, 0.6) is 0 Å². The molecule has 0 saturated carbocycles. The summed E-state index contributed by atoms with van der Waals surface area (Å²) in [4.78, 5) is 5.24. The lowest BCUT2D eigenvalue weighted by Crippen LogP contribution is -2.47. The molecule has 2 unspecified atom stereocenters. The monoisotopic (exact) mass is 433 g/mol. The number of allylic oxidation sites excluding steroid dienone is 2. The lowest BCUT2D eigenvalue weighted by Gasteiger charge is -2.38. The first-order valence-electron chi connectivity index (χ1n) is 11.9. The Kier molecular flexibility index (Phi) is 9.27. The van der Waals surface area contributed by atoms with Crippen molar-refractivity contribution in [2.24, 2.45) is 17.1 Å². The number of halogens is 1. The zero-order valence-electron chi connectivity index (χ0n) is 19.9. The number of nitrogens with zero attached hydrogens (tertiary/aromatic N) is 2. The van der Waals surface area contributed by atoms with E-state index < -0.39 is 0 Å². The molecule has 1 saturated heterocycles. The van der Waals surface area contributed by atoms with Gasteiger partial charge in [-0.2, -0.15) is 0 Å². The summed E-state index contributed by atoms with van der Waals surface area (Å²) in [6.07, 6.45) is 8.83. The van der Waals surface area contributed by atoms with E-state index in [9.17, 15) is 0 Å². The van der Waals surface area contributed by atoms with E-state index in [2.05, 4.69) is 68.7 Å². The van der Waals surface area contributed by atoms with Crippen LogP contribution >= 0.6 is 12.4 Å². The molecule has 0 amide bonds. The average Bonchev–Trinajstić information content (AvgIpc) is 2.71. The van der Waals surface area contributed by atoms with E-state index in [1.807, 2.05) is 0 Å². The van der Waals surface area contributed by atoms with Crippen molar-refractivity contribution in [3.63, 3.8) is 0 Å². The van der Waals surface area contributed by atoms with Crippen LogP contribution < -0.4 is 10.6 Å². The molecule has 3 nitrogen and oxygen atoms in total. The Hall–Kier alpha value is -1.03. The van der Waals surface area contributed by atoms with E-state index in [1.165, 1.54) is 68.6 Å². The molecule has 3 rings (SSSR count). The van der Waals surface area contributed by atoms with Crippen LogP contribution in [0.4, 0.5) is 5.69 Å². The van der Waals surface area contributed by atoms with Gasteiger partial charge in [-0.1, -0.05) is 52.3 Å². The van der Waals surface area contributed by atoms with Gasteiger partial charge in [-0.15, -0.1) is 12.4 Å². The van der Waals surface area contributed by atoms with Gasteiger partial charge in [-0.25, -0.2) is 0 Å². The Morgan fingerprint density at radius 3 is 2.37 bits per heavy atom. The Morgan fingerprint density at radius 2 is 1.83 bits per heavy atom. The fraction of sp³-hybridized carbons (Fsp3) is 0.692. The predicted octanol–water partition coefficient (Wildman–Crippen LogP) is 6.28. The number of rotatable bonds is 6. The molecular formula is C26H44ClN3. The first-order chi connectivity index (χ1) is 13.8. The SMILES string of the molecule is CCCCN1CCN(c2cc(C(C)N)ccc2C2=CCC(C(C)(C)C)CC2)CC1.Cl. The van der Waals surface area contributed by atoms with Crippen LogP contribution in [0, 0.1) is 11.3 Å². The van der Waals surface area contributed by atoms with Gasteiger partial charge in [-0.3, -0.25) is 4.90 Å². The molecule has 1 aromatic carbocycles. The van der Waals surface area contributed by atoms with Gasteiger partial charge < -0.3 is 10.6 Å². The normalized spacial score (nSPS) is 21.7. The fourth-order valence-corrected chi connectivity index (χ4v) is 4.82. The molecule has 2 aliphatic rings. The van der Waals surface area contributed by atoms with Crippen LogP contribution in [-0.4, -0.2) is 37.6 Å². The van der Waals surface area contributed by atoms with Crippen molar-refractivity contribution in [2.75, 3.05) is 37.6 Å². The lowest BCUT2D eigenvalue weighted by atomic mass is 9.72. The molecule has 2 N–H and O–H groups in total. The van der Waals surface area contributed by atoms with Gasteiger partial charge in [-0.05, 0) is 67.7 Å². The molecule has 170 valence electrons. The van der Waals surface area contributed by atoms with Gasteiger partial charge in [0.1, 0.15) is 0 Å². The summed E-state index contributed by atoms with van der Waals surface area (Å²) in [7, 11) is 0. The second-order valence-corrected chi connectivity index (χ2v) is 10.3. The molecule has 1 aromatic rings. The molecule has 0 radical (unpaired) electrons. The largest absolute Gasteiger partial charge is 0.368 e. The minimum atomic E-state index is 0. The van der Waals surface area contributed by atoms with Gasteiger partial charge in [0.15, 0.2) is 0 Å². The van der Waals surface area contributed by atoms with Gasteiger partial charge in [0, 0.05) is 43.5 Å². The van der Waals surface area contributed by atoms with Crippen LogP contribution in [-0.2, 0) is 0 Å². The standard InChI is InChI=1S/C26H43N3.ClH/c1-6-7-14-28-15-17-29(18-16-28)25-19-22(20(2)27)10-13-24(25)21-8-11-23(12-9-21)26(3,4)5;/h8,10,13,19-20,23H,6-7,9,11-12,14-18,27H2,1-5H3;1H. The predicted molar refractivity (Wildman–Crippen MR) is 135 cm³/mol. The third-order valence-electron chi connectivity index (χ3n) is 7.07. The van der Waals surface area contributed by atoms with Crippen molar-refractivity contribution in [1.29, 1.82) is 0 Å². The summed E-state index contributed by atoms with van der Waals surface area (Å²) < 4.78 is 0. The number of anilines is 1. The van der Waals surface area contributed by atoms with Crippen molar-refractivity contribution in [1.82, 2.24) is 4.90 Å². The summed E-state index contributed by atoms with van der Waals surface area (Å²) in [6, 6.07) is 7.05. The van der Waals surface area contributed by atoms with E-state index in [0.29, 0.717) is 5.41 Å². The molecule has 1 heterocycles. The molecule has 1 fully saturated rings. The van der Waals surface area contributed by atoms with Crippen molar-refractivity contribution in [3.8, 4) is 0 Å². The molecule has 1 aliphatic carbocycles. The van der Waals surface area contributed by atoms with E-state index in [-0.39, 0.29) is 18.4 Å². The van der Waals surface area contributed by atoms with Gasteiger partial charge in [0.2, 0.25) is 0 Å². The second-order valence-electron chi connectivity index (χ2n) is 10.3. The van der Waals surface area contributed by atoms with Crippen molar-refractivity contribution in [3.05, 3.63) is 35.4 Å². The summed E-state index contributed by atoms with van der Waals surface area (Å²) in [6.45, 7) is 17.4. The van der Waals surface area contributed by atoms with Gasteiger partial charge >= 0.3 is 0 Å². The Bertz CT molecular complexity index is 697. The summed E-state index contributed by atoms with van der Waals surface area (Å²) in [5.74, 6) is 0.792. The fourth-order valence-electron chi connectivity index (χ4n) is 4.82. The molecule has 4 heteroatoms. The number of unbranched alkanes of at least 4 members (excludes halogenated alkanes) is 1. The second kappa shape index (κ2) is 11.0. The van der Waals surface area contributed by atoms with Crippen LogP contribution in [0.2, 0.25) is 0 Å². The third kappa shape index (κ3) is 6.24. The Balaban J connectivity index is 0.00000320. The van der Waals surface area contributed by atoms with E-state index in [4.69, 9.17) is 5.73 Å². The highest BCUT2D eigenvalue weighted by molar-refractivity contribution is 5.85. The Morgan fingerprint density at radius 1 is 1.13 bits per heavy atom. The summed E-state index contributed by atoms with van der Waals surface area (Å²) in [5.41, 5.74) is 12.3. The number of nitrogens with two attached hydrogens (primary N) is 1.